The summed E-state index contributed by atoms with van der Waals surface area (Å²) >= 11 is 0. The Morgan fingerprint density at radius 3 is 1.64 bits per heavy atom. The number of hydrogen-bond acceptors (Lipinski definition) is 4. The summed E-state index contributed by atoms with van der Waals surface area (Å²) in [6.45, 7) is 0. The number of carbonyl (C=O) groups is 3. The number of carboxylic acid groups (broad SMARTS) is 2. The van der Waals surface area contributed by atoms with Crippen LogP contribution in [-0.2, 0) is 14.4 Å². The van der Waals surface area contributed by atoms with E-state index in [0.29, 0.717) is 12.8 Å². The molecule has 128 valence electrons. The van der Waals surface area contributed by atoms with Gasteiger partial charge in [-0.2, -0.15) is 0 Å². The second kappa shape index (κ2) is 13.2. The van der Waals surface area contributed by atoms with Crippen LogP contribution in [0.1, 0.15) is 77.0 Å². The number of carbonyl (C=O) groups excluding carboxylic acids is 2. The Labute approximate surface area is 132 Å². The zero-order chi connectivity index (χ0) is 16.8. The zero-order valence-electron chi connectivity index (χ0n) is 13.3. The summed E-state index contributed by atoms with van der Waals surface area (Å²) in [5, 5.41) is 18.8. The summed E-state index contributed by atoms with van der Waals surface area (Å²) in [6, 6.07) is -0.626. The first kappa shape index (κ1) is 20.6. The molecule has 0 amide bonds. The fourth-order valence-corrected chi connectivity index (χ4v) is 2.33. The highest BCUT2D eigenvalue weighted by molar-refractivity contribution is 5.86. The van der Waals surface area contributed by atoms with E-state index < -0.39 is 18.0 Å². The summed E-state index contributed by atoms with van der Waals surface area (Å²) in [4.78, 5) is 32.3. The Kier molecular flexibility index (Phi) is 12.4. The molecule has 0 aliphatic heterocycles. The first-order valence-electron chi connectivity index (χ1n) is 8.21. The molecule has 0 aromatic rings. The minimum atomic E-state index is -0.979. The molecule has 0 aromatic heterocycles. The van der Waals surface area contributed by atoms with E-state index in [9.17, 15) is 19.5 Å². The molecule has 0 rings (SSSR count). The lowest BCUT2D eigenvalue weighted by Gasteiger charge is -2.05. The van der Waals surface area contributed by atoms with Crippen LogP contribution in [0.3, 0.4) is 0 Å². The van der Waals surface area contributed by atoms with Crippen LogP contribution in [0.2, 0.25) is 0 Å². The van der Waals surface area contributed by atoms with Crippen molar-refractivity contribution in [2.45, 2.75) is 83.1 Å². The SMILES string of the molecule is [NH3+]C(CC(=O)O)C(=O)CCCCCCCCCCCC(=O)[O-]. The number of rotatable bonds is 15. The Bertz CT molecular complexity index is 343. The maximum atomic E-state index is 11.6. The fourth-order valence-electron chi connectivity index (χ4n) is 2.33. The molecule has 6 heteroatoms. The van der Waals surface area contributed by atoms with Gasteiger partial charge in [0.05, 0.1) is 0 Å². The number of quaternary nitrogens is 1. The molecule has 0 saturated carbocycles. The highest BCUT2D eigenvalue weighted by Crippen LogP contribution is 2.11. The molecule has 0 saturated heterocycles. The van der Waals surface area contributed by atoms with E-state index in [-0.39, 0.29) is 18.6 Å². The average molecular weight is 315 g/mol. The number of carboxylic acids is 2. The van der Waals surface area contributed by atoms with Crippen LogP contribution in [-0.4, -0.2) is 28.9 Å². The van der Waals surface area contributed by atoms with Crippen LogP contribution < -0.4 is 10.8 Å². The van der Waals surface area contributed by atoms with E-state index in [4.69, 9.17) is 5.11 Å². The molecule has 1 atom stereocenters. The highest BCUT2D eigenvalue weighted by Gasteiger charge is 2.19. The third kappa shape index (κ3) is 13.5. The standard InChI is InChI=1S/C16H29NO5/c17-13(12-16(21)22)14(18)10-8-6-4-2-1-3-5-7-9-11-15(19)20/h13H,1-12,17H2,(H,19,20)(H,21,22). The van der Waals surface area contributed by atoms with E-state index in [1.54, 1.807) is 0 Å². The molecule has 22 heavy (non-hydrogen) atoms. The van der Waals surface area contributed by atoms with Crippen LogP contribution in [0.5, 0.6) is 0 Å². The molecule has 0 aliphatic rings. The third-order valence-electron chi connectivity index (χ3n) is 3.68. The quantitative estimate of drug-likeness (QED) is 0.430. The predicted octanol–water partition coefficient (Wildman–Crippen LogP) is 0.682. The maximum Gasteiger partial charge on any atom is 0.309 e. The normalized spacial score (nSPS) is 12.0. The highest BCUT2D eigenvalue weighted by atomic mass is 16.4. The van der Waals surface area contributed by atoms with Gasteiger partial charge >= 0.3 is 5.97 Å². The summed E-state index contributed by atoms with van der Waals surface area (Å²) in [5.74, 6) is -2.01. The summed E-state index contributed by atoms with van der Waals surface area (Å²) < 4.78 is 0. The minimum absolute atomic E-state index is 0.0599. The Balaban J connectivity index is 3.31. The van der Waals surface area contributed by atoms with Crippen molar-refractivity contribution in [3.8, 4) is 0 Å². The number of hydrogen-bond donors (Lipinski definition) is 2. The fraction of sp³-hybridized carbons (Fsp3) is 0.812. The van der Waals surface area contributed by atoms with Gasteiger partial charge in [-0.15, -0.1) is 0 Å². The molecule has 0 bridgehead atoms. The number of aliphatic carboxylic acids is 2. The van der Waals surface area contributed by atoms with Gasteiger partial charge < -0.3 is 20.7 Å². The van der Waals surface area contributed by atoms with E-state index in [1.807, 2.05) is 0 Å². The van der Waals surface area contributed by atoms with Crippen LogP contribution in [0.4, 0.5) is 0 Å². The van der Waals surface area contributed by atoms with Gasteiger partial charge in [-0.3, -0.25) is 9.59 Å². The second-order valence-electron chi connectivity index (χ2n) is 5.82. The van der Waals surface area contributed by atoms with Gasteiger partial charge in [0.1, 0.15) is 6.42 Å². The lowest BCUT2D eigenvalue weighted by Crippen LogP contribution is -2.65. The number of unbranched alkanes of at least 4 members (excludes halogenated alkanes) is 8. The third-order valence-corrected chi connectivity index (χ3v) is 3.68. The molecule has 0 radical (unpaired) electrons. The molecule has 6 nitrogen and oxygen atoms in total. The number of Topliss-reactive ketones (excluding diaryl/α,β-unsaturated/α-hetero) is 1. The van der Waals surface area contributed by atoms with Crippen molar-refractivity contribution in [3.63, 3.8) is 0 Å². The molecular formula is C16H29NO5. The molecule has 0 fully saturated rings. The first-order valence-corrected chi connectivity index (χ1v) is 8.21. The molecule has 0 heterocycles. The minimum Gasteiger partial charge on any atom is -0.550 e. The average Bonchev–Trinajstić information content (AvgIpc) is 2.43. The predicted molar refractivity (Wildman–Crippen MR) is 79.7 cm³/mol. The number of ketones is 1. The van der Waals surface area contributed by atoms with E-state index in [0.717, 1.165) is 51.4 Å². The van der Waals surface area contributed by atoms with Crippen molar-refractivity contribution in [2.75, 3.05) is 0 Å². The smallest absolute Gasteiger partial charge is 0.309 e. The van der Waals surface area contributed by atoms with Crippen LogP contribution in [0.25, 0.3) is 0 Å². The van der Waals surface area contributed by atoms with Gasteiger partial charge in [-0.25, -0.2) is 0 Å². The van der Waals surface area contributed by atoms with Crippen LogP contribution in [0, 0.1) is 0 Å². The van der Waals surface area contributed by atoms with E-state index in [2.05, 4.69) is 5.73 Å². The van der Waals surface area contributed by atoms with Gasteiger partial charge in [-0.1, -0.05) is 44.9 Å². The second-order valence-corrected chi connectivity index (χ2v) is 5.82. The maximum absolute atomic E-state index is 11.6. The van der Waals surface area contributed by atoms with Crippen molar-refractivity contribution in [2.24, 2.45) is 0 Å². The summed E-state index contributed by atoms with van der Waals surface area (Å²) in [6.07, 6.45) is 9.33. The van der Waals surface area contributed by atoms with Crippen molar-refractivity contribution in [3.05, 3.63) is 0 Å². The zero-order valence-corrected chi connectivity index (χ0v) is 13.3. The summed E-state index contributed by atoms with van der Waals surface area (Å²) in [5.41, 5.74) is 3.58. The van der Waals surface area contributed by atoms with Crippen molar-refractivity contribution in [1.82, 2.24) is 0 Å². The van der Waals surface area contributed by atoms with E-state index in [1.165, 1.54) is 0 Å². The lowest BCUT2D eigenvalue weighted by atomic mass is 10.0. The molecule has 1 unspecified atom stereocenters. The van der Waals surface area contributed by atoms with Gasteiger partial charge in [0.15, 0.2) is 11.8 Å². The monoisotopic (exact) mass is 315 g/mol. The Morgan fingerprint density at radius 1 is 0.818 bits per heavy atom. The molecule has 0 spiro atoms. The van der Waals surface area contributed by atoms with Crippen molar-refractivity contribution < 1.29 is 30.3 Å². The largest absolute Gasteiger partial charge is 0.550 e. The van der Waals surface area contributed by atoms with Gasteiger partial charge in [0, 0.05) is 12.4 Å². The first-order chi connectivity index (χ1) is 10.4. The molecular weight excluding hydrogens is 286 g/mol. The van der Waals surface area contributed by atoms with Gasteiger partial charge in [0.25, 0.3) is 0 Å². The molecule has 0 aliphatic carbocycles. The Morgan fingerprint density at radius 2 is 1.23 bits per heavy atom. The lowest BCUT2D eigenvalue weighted by molar-refractivity contribution is -0.402. The van der Waals surface area contributed by atoms with Gasteiger partial charge in [-0.05, 0) is 19.3 Å². The topological polar surface area (TPSA) is 122 Å². The van der Waals surface area contributed by atoms with Crippen LogP contribution in [0.15, 0.2) is 0 Å². The molecule has 4 N–H and O–H groups in total. The van der Waals surface area contributed by atoms with Crippen molar-refractivity contribution in [1.29, 1.82) is 0 Å². The van der Waals surface area contributed by atoms with Crippen LogP contribution >= 0.6 is 0 Å². The van der Waals surface area contributed by atoms with E-state index >= 15 is 0 Å². The van der Waals surface area contributed by atoms with Gasteiger partial charge in [0.2, 0.25) is 0 Å². The summed E-state index contributed by atoms with van der Waals surface area (Å²) in [7, 11) is 0. The molecule has 0 aromatic carbocycles. The Hall–Kier alpha value is -1.43. The van der Waals surface area contributed by atoms with Crippen molar-refractivity contribution >= 4 is 17.7 Å².